The Morgan fingerprint density at radius 3 is 2.85 bits per heavy atom. The number of rotatable bonds is 5. The summed E-state index contributed by atoms with van der Waals surface area (Å²) in [6.07, 6.45) is 7.46. The van der Waals surface area contributed by atoms with Crippen molar-refractivity contribution in [1.82, 2.24) is 0 Å². The molecule has 0 heterocycles. The lowest BCUT2D eigenvalue weighted by molar-refractivity contribution is 0.371. The molecule has 2 atom stereocenters. The van der Waals surface area contributed by atoms with Gasteiger partial charge in [0.05, 0.1) is 0 Å². The lowest BCUT2D eigenvalue weighted by atomic mass is 9.75. The molecule has 2 heteroatoms. The predicted octanol–water partition coefficient (Wildman–Crippen LogP) is 5.06. The Morgan fingerprint density at radius 2 is 2.25 bits per heavy atom. The number of aryl methyl sites for hydroxylation is 1. The van der Waals surface area contributed by atoms with Gasteiger partial charge >= 0.3 is 0 Å². The van der Waals surface area contributed by atoms with Gasteiger partial charge in [-0.3, -0.25) is 4.99 Å². The molecule has 0 bridgehead atoms. The monoisotopic (exact) mass is 275 g/mol. The molecule has 1 aromatic carbocycles. The molecule has 0 radical (unpaired) electrons. The molecule has 1 aliphatic rings. The quantitative estimate of drug-likeness (QED) is 0.666. The maximum atomic E-state index is 14.4. The molecule has 0 spiro atoms. The van der Waals surface area contributed by atoms with Crippen LogP contribution in [-0.2, 0) is 5.41 Å². The molecule has 1 fully saturated rings. The molecular weight excluding hydrogens is 249 g/mol. The van der Waals surface area contributed by atoms with E-state index < -0.39 is 0 Å². The van der Waals surface area contributed by atoms with Crippen LogP contribution in [0, 0.1) is 18.7 Å². The summed E-state index contributed by atoms with van der Waals surface area (Å²) in [6, 6.07) is 5.74. The SMILES string of the molecule is C/C=N\CCC1(c2ccc(C)cc2F)CCC(CC)C1. The van der Waals surface area contributed by atoms with E-state index in [2.05, 4.69) is 11.9 Å². The molecule has 0 amide bonds. The van der Waals surface area contributed by atoms with Crippen molar-refractivity contribution < 1.29 is 4.39 Å². The maximum absolute atomic E-state index is 14.4. The maximum Gasteiger partial charge on any atom is 0.127 e. The minimum absolute atomic E-state index is 0.00493. The smallest absolute Gasteiger partial charge is 0.127 e. The minimum Gasteiger partial charge on any atom is -0.298 e. The topological polar surface area (TPSA) is 12.4 Å². The van der Waals surface area contributed by atoms with Crippen LogP contribution < -0.4 is 0 Å². The van der Waals surface area contributed by atoms with Crippen LogP contribution in [0.5, 0.6) is 0 Å². The molecule has 2 unspecified atom stereocenters. The first-order valence-corrected chi connectivity index (χ1v) is 7.82. The molecule has 0 saturated heterocycles. The zero-order valence-electron chi connectivity index (χ0n) is 13.0. The van der Waals surface area contributed by atoms with Gasteiger partial charge in [0.25, 0.3) is 0 Å². The summed E-state index contributed by atoms with van der Waals surface area (Å²) >= 11 is 0. The summed E-state index contributed by atoms with van der Waals surface area (Å²) in [5.74, 6) is 0.712. The van der Waals surface area contributed by atoms with Crippen LogP contribution in [0.2, 0.25) is 0 Å². The molecule has 110 valence electrons. The first-order chi connectivity index (χ1) is 9.61. The van der Waals surface area contributed by atoms with Crippen LogP contribution in [-0.4, -0.2) is 12.8 Å². The lowest BCUT2D eigenvalue weighted by Crippen LogP contribution is -2.25. The van der Waals surface area contributed by atoms with Crippen LogP contribution in [0.15, 0.2) is 23.2 Å². The second kappa shape index (κ2) is 6.51. The van der Waals surface area contributed by atoms with Crippen molar-refractivity contribution in [3.05, 3.63) is 35.1 Å². The van der Waals surface area contributed by atoms with Crippen molar-refractivity contribution in [3.8, 4) is 0 Å². The fourth-order valence-corrected chi connectivity index (χ4v) is 3.65. The third-order valence-electron chi connectivity index (χ3n) is 4.89. The van der Waals surface area contributed by atoms with Gasteiger partial charge in [-0.2, -0.15) is 0 Å². The van der Waals surface area contributed by atoms with Gasteiger partial charge < -0.3 is 0 Å². The number of hydrogen-bond donors (Lipinski definition) is 0. The van der Waals surface area contributed by atoms with Gasteiger partial charge in [-0.15, -0.1) is 0 Å². The average Bonchev–Trinajstić information content (AvgIpc) is 2.83. The summed E-state index contributed by atoms with van der Waals surface area (Å²) in [5, 5.41) is 0. The van der Waals surface area contributed by atoms with Crippen LogP contribution in [0.4, 0.5) is 4.39 Å². The number of benzene rings is 1. The van der Waals surface area contributed by atoms with Gasteiger partial charge in [0.2, 0.25) is 0 Å². The van der Waals surface area contributed by atoms with Gasteiger partial charge in [0.1, 0.15) is 5.82 Å². The zero-order chi connectivity index (χ0) is 14.6. The summed E-state index contributed by atoms with van der Waals surface area (Å²) in [5.41, 5.74) is 1.92. The summed E-state index contributed by atoms with van der Waals surface area (Å²) in [6.45, 7) is 6.95. The number of nitrogens with zero attached hydrogens (tertiary/aromatic N) is 1. The van der Waals surface area contributed by atoms with Crippen molar-refractivity contribution in [2.75, 3.05) is 6.54 Å². The molecule has 1 saturated carbocycles. The van der Waals surface area contributed by atoms with Crippen LogP contribution in [0.25, 0.3) is 0 Å². The Bertz CT molecular complexity index is 480. The van der Waals surface area contributed by atoms with E-state index in [0.29, 0.717) is 0 Å². The van der Waals surface area contributed by atoms with Gasteiger partial charge in [-0.25, -0.2) is 4.39 Å². The fourth-order valence-electron chi connectivity index (χ4n) is 3.65. The van der Waals surface area contributed by atoms with Crippen molar-refractivity contribution in [2.45, 2.75) is 58.3 Å². The van der Waals surface area contributed by atoms with Crippen LogP contribution in [0.1, 0.15) is 57.1 Å². The Morgan fingerprint density at radius 1 is 1.45 bits per heavy atom. The second-order valence-electron chi connectivity index (χ2n) is 6.20. The summed E-state index contributed by atoms with van der Waals surface area (Å²) < 4.78 is 14.4. The van der Waals surface area contributed by atoms with Crippen molar-refractivity contribution in [3.63, 3.8) is 0 Å². The van der Waals surface area contributed by atoms with Crippen molar-refractivity contribution in [1.29, 1.82) is 0 Å². The molecule has 2 rings (SSSR count). The van der Waals surface area contributed by atoms with E-state index in [0.717, 1.165) is 42.9 Å². The first-order valence-electron chi connectivity index (χ1n) is 7.82. The van der Waals surface area contributed by atoms with Gasteiger partial charge in [-0.05, 0) is 68.9 Å². The van der Waals surface area contributed by atoms with E-state index in [1.165, 1.54) is 12.8 Å². The van der Waals surface area contributed by atoms with Crippen LogP contribution >= 0.6 is 0 Å². The minimum atomic E-state index is -0.0257. The van der Waals surface area contributed by atoms with E-state index >= 15 is 0 Å². The largest absolute Gasteiger partial charge is 0.298 e. The van der Waals surface area contributed by atoms with Crippen molar-refractivity contribution in [2.24, 2.45) is 10.9 Å². The highest BCUT2D eigenvalue weighted by Crippen LogP contribution is 2.48. The van der Waals surface area contributed by atoms with Gasteiger partial charge in [-0.1, -0.05) is 25.5 Å². The first kappa shape index (κ1) is 15.2. The molecule has 1 aromatic rings. The van der Waals surface area contributed by atoms with E-state index in [1.807, 2.05) is 32.2 Å². The molecule has 0 N–H and O–H groups in total. The van der Waals surface area contributed by atoms with Crippen LogP contribution in [0.3, 0.4) is 0 Å². The highest BCUT2D eigenvalue weighted by molar-refractivity contribution is 5.53. The number of hydrogen-bond acceptors (Lipinski definition) is 1. The average molecular weight is 275 g/mol. The standard InChI is InChI=1S/C18H26FN/c1-4-15-8-9-18(13-15,10-11-20-5-2)16-7-6-14(3)12-17(16)19/h5-7,12,15H,4,8-11,13H2,1-3H3/b20-5-. The third-order valence-corrected chi connectivity index (χ3v) is 4.89. The predicted molar refractivity (Wildman–Crippen MR) is 84.1 cm³/mol. The normalized spacial score (nSPS) is 26.5. The van der Waals surface area contributed by atoms with E-state index in [4.69, 9.17) is 0 Å². The fraction of sp³-hybridized carbons (Fsp3) is 0.611. The molecule has 0 aliphatic heterocycles. The molecular formula is C18H26FN. The zero-order valence-corrected chi connectivity index (χ0v) is 13.0. The Labute approximate surface area is 122 Å². The highest BCUT2D eigenvalue weighted by atomic mass is 19.1. The van der Waals surface area contributed by atoms with Crippen molar-refractivity contribution >= 4 is 6.21 Å². The van der Waals surface area contributed by atoms with Gasteiger partial charge in [0.15, 0.2) is 0 Å². The molecule has 1 nitrogen and oxygen atoms in total. The lowest BCUT2D eigenvalue weighted by Gasteiger charge is -2.30. The number of aliphatic imine (C=N–C) groups is 1. The summed E-state index contributed by atoms with van der Waals surface area (Å²) in [7, 11) is 0. The Hall–Kier alpha value is -1.18. The second-order valence-corrected chi connectivity index (χ2v) is 6.20. The number of halogens is 1. The molecule has 1 aliphatic carbocycles. The molecule has 20 heavy (non-hydrogen) atoms. The van der Waals surface area contributed by atoms with E-state index in [9.17, 15) is 4.39 Å². The Kier molecular flexibility index (Phi) is 4.95. The van der Waals surface area contributed by atoms with E-state index in [1.54, 1.807) is 6.07 Å². The van der Waals surface area contributed by atoms with E-state index in [-0.39, 0.29) is 11.2 Å². The molecule has 0 aromatic heterocycles. The highest BCUT2D eigenvalue weighted by Gasteiger charge is 2.40. The van der Waals surface area contributed by atoms with Gasteiger partial charge in [0, 0.05) is 12.0 Å². The third kappa shape index (κ3) is 3.11. The summed E-state index contributed by atoms with van der Waals surface area (Å²) in [4.78, 5) is 4.36. The Balaban J connectivity index is 2.31.